The fourth-order valence-corrected chi connectivity index (χ4v) is 1.59. The summed E-state index contributed by atoms with van der Waals surface area (Å²) in [6.45, 7) is 0.890. The quantitative estimate of drug-likeness (QED) is 0.455. The van der Waals surface area contributed by atoms with E-state index in [4.69, 9.17) is 20.0 Å². The van der Waals surface area contributed by atoms with Crippen LogP contribution in [0.1, 0.15) is 26.2 Å². The first-order valence-corrected chi connectivity index (χ1v) is 6.34. The molecule has 0 saturated carbocycles. The number of unbranched alkanes of at least 4 members (excludes halogenated alkanes) is 1. The molecule has 92 valence electrons. The van der Waals surface area contributed by atoms with Gasteiger partial charge in [0.1, 0.15) is 0 Å². The highest BCUT2D eigenvalue weighted by atomic mass is 31.2. The number of hydrogen-bond donors (Lipinski definition) is 4. The Balaban J connectivity index is 4.29. The molecule has 0 aromatic carbocycles. The standard InChI is InChI=1S/C8H19O6P/c1-2-3-4-8(5-9,6-10)7-14-15(11,12)13/h9-10H,2-7H2,1H3,(H2,11,12,13). The molecule has 0 fully saturated rings. The van der Waals surface area contributed by atoms with Crippen molar-refractivity contribution in [2.45, 2.75) is 26.2 Å². The molecule has 0 unspecified atom stereocenters. The molecule has 6 nitrogen and oxygen atoms in total. The fourth-order valence-electron chi connectivity index (χ4n) is 1.14. The van der Waals surface area contributed by atoms with E-state index < -0.39 is 13.2 Å². The highest BCUT2D eigenvalue weighted by Crippen LogP contribution is 2.39. The number of phosphoric ester groups is 1. The molecule has 0 aliphatic heterocycles. The number of rotatable bonds is 8. The van der Waals surface area contributed by atoms with Crippen LogP contribution in [0.5, 0.6) is 0 Å². The molecule has 0 heterocycles. The summed E-state index contributed by atoms with van der Waals surface area (Å²) < 4.78 is 14.8. The summed E-state index contributed by atoms with van der Waals surface area (Å²) >= 11 is 0. The van der Waals surface area contributed by atoms with Crippen LogP contribution in [-0.4, -0.2) is 39.8 Å². The molecule has 0 atom stereocenters. The van der Waals surface area contributed by atoms with Crippen LogP contribution in [0.4, 0.5) is 0 Å². The Morgan fingerprint density at radius 3 is 2.13 bits per heavy atom. The molecule has 0 amide bonds. The van der Waals surface area contributed by atoms with E-state index in [2.05, 4.69) is 4.52 Å². The number of aliphatic hydroxyl groups is 2. The molecular weight excluding hydrogens is 223 g/mol. The van der Waals surface area contributed by atoms with Crippen LogP contribution in [0, 0.1) is 5.41 Å². The zero-order valence-electron chi connectivity index (χ0n) is 8.80. The maximum absolute atomic E-state index is 10.5. The van der Waals surface area contributed by atoms with Gasteiger partial charge in [0.15, 0.2) is 0 Å². The number of phosphoric acid groups is 1. The van der Waals surface area contributed by atoms with Crippen molar-refractivity contribution in [3.63, 3.8) is 0 Å². The van der Waals surface area contributed by atoms with Gasteiger partial charge in [-0.2, -0.15) is 0 Å². The van der Waals surface area contributed by atoms with Crippen LogP contribution < -0.4 is 0 Å². The first kappa shape index (κ1) is 15.0. The summed E-state index contributed by atoms with van der Waals surface area (Å²) in [5, 5.41) is 18.2. The second-order valence-electron chi connectivity index (χ2n) is 3.68. The van der Waals surface area contributed by atoms with Crippen molar-refractivity contribution in [2.75, 3.05) is 19.8 Å². The molecule has 15 heavy (non-hydrogen) atoms. The van der Waals surface area contributed by atoms with Crippen LogP contribution in [-0.2, 0) is 9.09 Å². The lowest BCUT2D eigenvalue weighted by atomic mass is 9.85. The minimum atomic E-state index is -4.54. The van der Waals surface area contributed by atoms with Crippen LogP contribution in [0.3, 0.4) is 0 Å². The Morgan fingerprint density at radius 1 is 1.27 bits per heavy atom. The van der Waals surface area contributed by atoms with Gasteiger partial charge in [-0.15, -0.1) is 0 Å². The first-order valence-electron chi connectivity index (χ1n) is 4.81. The predicted molar refractivity (Wildman–Crippen MR) is 54.1 cm³/mol. The van der Waals surface area contributed by atoms with Gasteiger partial charge in [0, 0.05) is 5.41 Å². The van der Waals surface area contributed by atoms with Gasteiger partial charge in [-0.1, -0.05) is 19.8 Å². The van der Waals surface area contributed by atoms with Gasteiger partial charge in [-0.3, -0.25) is 4.52 Å². The summed E-state index contributed by atoms with van der Waals surface area (Å²) in [7, 11) is -4.54. The van der Waals surface area contributed by atoms with Crippen LogP contribution in [0.25, 0.3) is 0 Å². The molecule has 0 radical (unpaired) electrons. The smallest absolute Gasteiger partial charge is 0.396 e. The average Bonchev–Trinajstić information content (AvgIpc) is 2.18. The van der Waals surface area contributed by atoms with Gasteiger partial charge in [-0.25, -0.2) is 4.57 Å². The van der Waals surface area contributed by atoms with Crippen molar-refractivity contribution < 1.29 is 29.1 Å². The monoisotopic (exact) mass is 242 g/mol. The highest BCUT2D eigenvalue weighted by Gasteiger charge is 2.31. The summed E-state index contributed by atoms with van der Waals surface area (Å²) in [6.07, 6.45) is 2.10. The van der Waals surface area contributed by atoms with Crippen molar-refractivity contribution in [1.29, 1.82) is 0 Å². The summed E-state index contributed by atoms with van der Waals surface area (Å²) in [5.41, 5.74) is -0.961. The van der Waals surface area contributed by atoms with Gasteiger partial charge in [0.2, 0.25) is 0 Å². The predicted octanol–water partition coefficient (Wildman–Crippen LogP) is 0.257. The van der Waals surface area contributed by atoms with Gasteiger partial charge < -0.3 is 20.0 Å². The van der Waals surface area contributed by atoms with Crippen molar-refractivity contribution in [2.24, 2.45) is 5.41 Å². The largest absolute Gasteiger partial charge is 0.469 e. The van der Waals surface area contributed by atoms with Crippen LogP contribution in [0.2, 0.25) is 0 Å². The zero-order chi connectivity index (χ0) is 11.9. The Morgan fingerprint density at radius 2 is 1.80 bits per heavy atom. The van der Waals surface area contributed by atoms with E-state index in [9.17, 15) is 4.57 Å². The van der Waals surface area contributed by atoms with Gasteiger partial charge in [-0.05, 0) is 6.42 Å². The van der Waals surface area contributed by atoms with E-state index in [1.807, 2.05) is 6.92 Å². The summed E-state index contributed by atoms with van der Waals surface area (Å²) in [5.74, 6) is 0. The Labute approximate surface area is 89.1 Å². The third-order valence-electron chi connectivity index (χ3n) is 2.27. The summed E-state index contributed by atoms with van der Waals surface area (Å²) in [6, 6.07) is 0. The maximum Gasteiger partial charge on any atom is 0.469 e. The van der Waals surface area contributed by atoms with Crippen molar-refractivity contribution >= 4 is 7.82 Å². The van der Waals surface area contributed by atoms with Crippen LogP contribution >= 0.6 is 7.82 Å². The second-order valence-corrected chi connectivity index (χ2v) is 4.92. The zero-order valence-corrected chi connectivity index (χ0v) is 9.69. The molecule has 0 aliphatic carbocycles. The maximum atomic E-state index is 10.5. The molecule has 0 saturated heterocycles. The lowest BCUT2D eigenvalue weighted by Crippen LogP contribution is -2.34. The van der Waals surface area contributed by atoms with E-state index in [0.29, 0.717) is 6.42 Å². The van der Waals surface area contributed by atoms with E-state index in [-0.39, 0.29) is 19.8 Å². The molecule has 0 spiro atoms. The molecule has 0 rings (SSSR count). The lowest BCUT2D eigenvalue weighted by molar-refractivity contribution is -0.00209. The fraction of sp³-hybridized carbons (Fsp3) is 1.00. The highest BCUT2D eigenvalue weighted by molar-refractivity contribution is 7.46. The van der Waals surface area contributed by atoms with Crippen molar-refractivity contribution in [3.8, 4) is 0 Å². The molecule has 0 aromatic heterocycles. The molecule has 0 bridgehead atoms. The molecule has 0 aliphatic rings. The van der Waals surface area contributed by atoms with Crippen molar-refractivity contribution in [3.05, 3.63) is 0 Å². The summed E-state index contributed by atoms with van der Waals surface area (Å²) in [4.78, 5) is 17.0. The van der Waals surface area contributed by atoms with Gasteiger partial charge in [0.05, 0.1) is 19.8 Å². The van der Waals surface area contributed by atoms with Gasteiger partial charge in [0.25, 0.3) is 0 Å². The molecule has 7 heteroatoms. The van der Waals surface area contributed by atoms with E-state index in [1.54, 1.807) is 0 Å². The van der Waals surface area contributed by atoms with E-state index >= 15 is 0 Å². The number of aliphatic hydroxyl groups excluding tert-OH is 2. The van der Waals surface area contributed by atoms with Crippen molar-refractivity contribution in [1.82, 2.24) is 0 Å². The van der Waals surface area contributed by atoms with E-state index in [0.717, 1.165) is 12.8 Å². The Kier molecular flexibility index (Phi) is 6.59. The first-order chi connectivity index (χ1) is 6.89. The topological polar surface area (TPSA) is 107 Å². The Bertz CT molecular complexity index is 209. The second kappa shape index (κ2) is 6.58. The van der Waals surface area contributed by atoms with E-state index in [1.165, 1.54) is 0 Å². The molecular formula is C8H19O6P. The van der Waals surface area contributed by atoms with Gasteiger partial charge >= 0.3 is 7.82 Å². The molecule has 4 N–H and O–H groups in total. The third-order valence-corrected chi connectivity index (χ3v) is 2.74. The third kappa shape index (κ3) is 6.25. The average molecular weight is 242 g/mol. The van der Waals surface area contributed by atoms with Crippen LogP contribution in [0.15, 0.2) is 0 Å². The minimum absolute atomic E-state index is 0.343. The SMILES string of the molecule is CCCCC(CO)(CO)COP(=O)(O)O. The Hall–Kier alpha value is 0.0300. The number of hydrogen-bond acceptors (Lipinski definition) is 4. The normalized spacial score (nSPS) is 13.1. The minimum Gasteiger partial charge on any atom is -0.396 e. The lowest BCUT2D eigenvalue weighted by Gasteiger charge is -2.29. The molecule has 0 aromatic rings.